The van der Waals surface area contributed by atoms with E-state index in [0.717, 1.165) is 12.8 Å². The topological polar surface area (TPSA) is 69.7 Å². The molecule has 0 aliphatic carbocycles. The fourth-order valence-electron chi connectivity index (χ4n) is 0.862. The number of carbonyl (C=O) groups is 3. The predicted molar refractivity (Wildman–Crippen MR) is 56.7 cm³/mol. The number of carbonyl (C=O) groups excluding carboxylic acids is 3. The van der Waals surface area contributed by atoms with Crippen molar-refractivity contribution in [2.24, 2.45) is 0 Å². The lowest BCUT2D eigenvalue weighted by molar-refractivity contribution is -0.159. The molecule has 0 aliphatic heterocycles. The highest BCUT2D eigenvalue weighted by Crippen LogP contribution is 1.95. The molecular formula is C11H18O5. The number of Topliss-reactive ketones (excluding diaryl/α,β-unsaturated/α-hetero) is 1. The second-order valence-electron chi connectivity index (χ2n) is 3.44. The van der Waals surface area contributed by atoms with Crippen molar-refractivity contribution in [1.82, 2.24) is 0 Å². The van der Waals surface area contributed by atoms with Crippen molar-refractivity contribution in [3.63, 3.8) is 0 Å². The third-order valence-electron chi connectivity index (χ3n) is 1.79. The van der Waals surface area contributed by atoms with Crippen LogP contribution in [0.1, 0.15) is 39.5 Å². The summed E-state index contributed by atoms with van der Waals surface area (Å²) >= 11 is 0. The van der Waals surface area contributed by atoms with Crippen molar-refractivity contribution in [2.75, 3.05) is 13.2 Å². The monoisotopic (exact) mass is 230 g/mol. The molecule has 0 amide bonds. The zero-order valence-corrected chi connectivity index (χ0v) is 9.78. The number of hydrogen-bond donors (Lipinski definition) is 0. The molecule has 0 unspecified atom stereocenters. The standard InChI is InChI=1S/C11H18O5/c1-3-4-7-15-11(14)8-16-10(13)6-5-9(2)12/h3-8H2,1-2H3. The number of unbranched alkanes of at least 4 members (excludes halogenated alkanes) is 1. The van der Waals surface area contributed by atoms with E-state index in [0.29, 0.717) is 6.61 Å². The van der Waals surface area contributed by atoms with Gasteiger partial charge in [-0.15, -0.1) is 0 Å². The van der Waals surface area contributed by atoms with Crippen LogP contribution in [0.3, 0.4) is 0 Å². The van der Waals surface area contributed by atoms with Crippen LogP contribution < -0.4 is 0 Å². The Hall–Kier alpha value is -1.39. The molecule has 5 nitrogen and oxygen atoms in total. The Morgan fingerprint density at radius 2 is 1.69 bits per heavy atom. The van der Waals surface area contributed by atoms with E-state index in [9.17, 15) is 14.4 Å². The second-order valence-corrected chi connectivity index (χ2v) is 3.44. The van der Waals surface area contributed by atoms with E-state index in [2.05, 4.69) is 4.74 Å². The number of ketones is 1. The van der Waals surface area contributed by atoms with Gasteiger partial charge in [-0.05, 0) is 13.3 Å². The number of hydrogen-bond acceptors (Lipinski definition) is 5. The van der Waals surface area contributed by atoms with Crippen LogP contribution in [-0.4, -0.2) is 30.9 Å². The summed E-state index contributed by atoms with van der Waals surface area (Å²) in [5.74, 6) is -1.19. The van der Waals surface area contributed by atoms with Gasteiger partial charge >= 0.3 is 11.9 Å². The molecule has 0 N–H and O–H groups in total. The lowest BCUT2D eigenvalue weighted by Gasteiger charge is -2.04. The molecule has 0 radical (unpaired) electrons. The van der Waals surface area contributed by atoms with Crippen LogP contribution in [0.4, 0.5) is 0 Å². The zero-order chi connectivity index (χ0) is 12.4. The molecule has 0 saturated carbocycles. The second kappa shape index (κ2) is 8.88. The normalized spacial score (nSPS) is 9.62. The molecule has 0 fully saturated rings. The van der Waals surface area contributed by atoms with Gasteiger partial charge in [0.1, 0.15) is 5.78 Å². The predicted octanol–water partition coefficient (Wildman–Crippen LogP) is 1.24. The van der Waals surface area contributed by atoms with E-state index in [1.807, 2.05) is 6.92 Å². The largest absolute Gasteiger partial charge is 0.463 e. The average Bonchev–Trinajstić information content (AvgIpc) is 2.24. The van der Waals surface area contributed by atoms with E-state index in [-0.39, 0.29) is 25.2 Å². The summed E-state index contributed by atoms with van der Waals surface area (Å²) in [5.41, 5.74) is 0. The Balaban J connectivity index is 3.51. The van der Waals surface area contributed by atoms with Crippen molar-refractivity contribution in [1.29, 1.82) is 0 Å². The van der Waals surface area contributed by atoms with Gasteiger partial charge in [0.2, 0.25) is 0 Å². The Labute approximate surface area is 95.1 Å². The minimum absolute atomic E-state index is 0.0115. The van der Waals surface area contributed by atoms with Crippen LogP contribution in [0, 0.1) is 0 Å². The van der Waals surface area contributed by atoms with Gasteiger partial charge in [-0.1, -0.05) is 13.3 Å². The van der Waals surface area contributed by atoms with Gasteiger partial charge in [0.05, 0.1) is 13.0 Å². The molecule has 0 aliphatic rings. The van der Waals surface area contributed by atoms with E-state index in [1.165, 1.54) is 6.92 Å². The zero-order valence-electron chi connectivity index (χ0n) is 9.78. The molecule has 0 spiro atoms. The highest BCUT2D eigenvalue weighted by atomic mass is 16.6. The van der Waals surface area contributed by atoms with Crippen molar-refractivity contribution in [3.8, 4) is 0 Å². The minimum Gasteiger partial charge on any atom is -0.463 e. The molecule has 0 rings (SSSR count). The first kappa shape index (κ1) is 14.6. The van der Waals surface area contributed by atoms with Crippen LogP contribution in [-0.2, 0) is 23.9 Å². The average molecular weight is 230 g/mol. The Morgan fingerprint density at radius 3 is 2.25 bits per heavy atom. The highest BCUT2D eigenvalue weighted by molar-refractivity contribution is 5.82. The van der Waals surface area contributed by atoms with Gasteiger partial charge in [-0.3, -0.25) is 4.79 Å². The van der Waals surface area contributed by atoms with E-state index >= 15 is 0 Å². The lowest BCUT2D eigenvalue weighted by Crippen LogP contribution is -2.17. The fraction of sp³-hybridized carbons (Fsp3) is 0.727. The Bertz CT molecular complexity index is 247. The van der Waals surface area contributed by atoms with Crippen molar-refractivity contribution >= 4 is 17.7 Å². The number of ether oxygens (including phenoxy) is 2. The number of rotatable bonds is 8. The molecule has 0 atom stereocenters. The minimum atomic E-state index is -0.553. The first-order valence-corrected chi connectivity index (χ1v) is 5.37. The van der Waals surface area contributed by atoms with Gasteiger partial charge in [-0.25, -0.2) is 4.79 Å². The molecule has 0 aromatic carbocycles. The van der Waals surface area contributed by atoms with Crippen LogP contribution in [0.5, 0.6) is 0 Å². The first-order valence-electron chi connectivity index (χ1n) is 5.37. The van der Waals surface area contributed by atoms with Gasteiger partial charge in [0.15, 0.2) is 6.61 Å². The van der Waals surface area contributed by atoms with Gasteiger partial charge in [0, 0.05) is 6.42 Å². The van der Waals surface area contributed by atoms with E-state index in [1.54, 1.807) is 0 Å². The Kier molecular flexibility index (Phi) is 8.11. The first-order chi connectivity index (χ1) is 7.56. The summed E-state index contributed by atoms with van der Waals surface area (Å²) in [7, 11) is 0. The molecule has 0 heterocycles. The molecule has 16 heavy (non-hydrogen) atoms. The molecule has 5 heteroatoms. The van der Waals surface area contributed by atoms with Crippen molar-refractivity contribution in [2.45, 2.75) is 39.5 Å². The smallest absolute Gasteiger partial charge is 0.344 e. The van der Waals surface area contributed by atoms with Crippen LogP contribution in [0.25, 0.3) is 0 Å². The third kappa shape index (κ3) is 9.18. The van der Waals surface area contributed by atoms with Crippen LogP contribution in [0.15, 0.2) is 0 Å². The maximum absolute atomic E-state index is 11.0. The van der Waals surface area contributed by atoms with Crippen LogP contribution in [0.2, 0.25) is 0 Å². The molecule has 0 bridgehead atoms. The lowest BCUT2D eigenvalue weighted by atomic mass is 10.2. The number of esters is 2. The molecule has 0 aromatic rings. The maximum atomic E-state index is 11.0. The van der Waals surface area contributed by atoms with Crippen molar-refractivity contribution < 1.29 is 23.9 Å². The van der Waals surface area contributed by atoms with E-state index < -0.39 is 11.9 Å². The third-order valence-corrected chi connectivity index (χ3v) is 1.79. The Morgan fingerprint density at radius 1 is 1.00 bits per heavy atom. The van der Waals surface area contributed by atoms with Crippen molar-refractivity contribution in [3.05, 3.63) is 0 Å². The molecule has 0 aromatic heterocycles. The van der Waals surface area contributed by atoms with Gasteiger partial charge in [-0.2, -0.15) is 0 Å². The summed E-state index contributed by atoms with van der Waals surface area (Å²) in [5, 5.41) is 0. The highest BCUT2D eigenvalue weighted by Gasteiger charge is 2.09. The quantitative estimate of drug-likeness (QED) is 0.463. The van der Waals surface area contributed by atoms with Gasteiger partial charge < -0.3 is 14.3 Å². The van der Waals surface area contributed by atoms with E-state index in [4.69, 9.17) is 4.74 Å². The molecular weight excluding hydrogens is 212 g/mol. The van der Waals surface area contributed by atoms with Gasteiger partial charge in [0.25, 0.3) is 0 Å². The summed E-state index contributed by atoms with van der Waals surface area (Å²) in [4.78, 5) is 32.6. The summed E-state index contributed by atoms with van der Waals surface area (Å²) in [6, 6.07) is 0. The molecule has 0 saturated heterocycles. The SMILES string of the molecule is CCCCOC(=O)COC(=O)CCC(C)=O. The van der Waals surface area contributed by atoms with Crippen LogP contribution >= 0.6 is 0 Å². The molecule has 92 valence electrons. The summed E-state index contributed by atoms with van der Waals surface area (Å²) in [6.07, 6.45) is 1.89. The maximum Gasteiger partial charge on any atom is 0.344 e. The summed E-state index contributed by atoms with van der Waals surface area (Å²) in [6.45, 7) is 3.35. The fourth-order valence-corrected chi connectivity index (χ4v) is 0.862. The summed E-state index contributed by atoms with van der Waals surface area (Å²) < 4.78 is 9.39.